The highest BCUT2D eigenvalue weighted by molar-refractivity contribution is 7.92. The zero-order chi connectivity index (χ0) is 17.3. The fourth-order valence-electron chi connectivity index (χ4n) is 2.16. The molecular formula is C16H12F2N2O3S. The molecular weight excluding hydrogens is 338 g/mol. The van der Waals surface area contributed by atoms with Crippen molar-refractivity contribution in [1.82, 2.24) is 5.16 Å². The van der Waals surface area contributed by atoms with Crippen LogP contribution >= 0.6 is 0 Å². The van der Waals surface area contributed by atoms with Crippen LogP contribution in [0.3, 0.4) is 0 Å². The smallest absolute Gasteiger partial charge is 0.263 e. The Bertz CT molecular complexity index is 963. The molecule has 0 fully saturated rings. The van der Waals surface area contributed by atoms with Crippen molar-refractivity contribution in [2.75, 3.05) is 4.72 Å². The molecule has 1 heterocycles. The van der Waals surface area contributed by atoms with E-state index in [4.69, 9.17) is 4.52 Å². The highest BCUT2D eigenvalue weighted by Crippen LogP contribution is 2.24. The quantitative estimate of drug-likeness (QED) is 0.778. The van der Waals surface area contributed by atoms with Gasteiger partial charge in [-0.05, 0) is 42.3 Å². The van der Waals surface area contributed by atoms with Gasteiger partial charge in [0.25, 0.3) is 10.0 Å². The van der Waals surface area contributed by atoms with E-state index in [-0.39, 0.29) is 10.7 Å². The minimum atomic E-state index is -3.84. The average Bonchev–Trinajstić information content (AvgIpc) is 2.91. The molecule has 0 aliphatic heterocycles. The van der Waals surface area contributed by atoms with Gasteiger partial charge in [-0.1, -0.05) is 17.3 Å². The summed E-state index contributed by atoms with van der Waals surface area (Å²) >= 11 is 0. The molecule has 0 unspecified atom stereocenters. The van der Waals surface area contributed by atoms with Crippen LogP contribution in [0.4, 0.5) is 14.6 Å². The van der Waals surface area contributed by atoms with E-state index in [0.29, 0.717) is 16.9 Å². The number of anilines is 1. The summed E-state index contributed by atoms with van der Waals surface area (Å²) in [6, 6.07) is 10.2. The number of sulfonamides is 1. The number of hydrogen-bond acceptors (Lipinski definition) is 4. The van der Waals surface area contributed by atoms with Crippen molar-refractivity contribution in [3.8, 4) is 11.1 Å². The lowest BCUT2D eigenvalue weighted by atomic mass is 10.1. The van der Waals surface area contributed by atoms with Crippen LogP contribution in [-0.2, 0) is 10.0 Å². The molecule has 124 valence electrons. The van der Waals surface area contributed by atoms with Crippen molar-refractivity contribution >= 4 is 15.8 Å². The summed E-state index contributed by atoms with van der Waals surface area (Å²) in [7, 11) is -3.84. The Balaban J connectivity index is 1.88. The third kappa shape index (κ3) is 3.43. The fourth-order valence-corrected chi connectivity index (χ4v) is 3.14. The lowest BCUT2D eigenvalue weighted by Crippen LogP contribution is -2.13. The van der Waals surface area contributed by atoms with Crippen LogP contribution in [0.1, 0.15) is 5.76 Å². The first-order valence-electron chi connectivity index (χ1n) is 6.86. The predicted octanol–water partition coefficient (Wildman–Crippen LogP) is 3.73. The Labute approximate surface area is 137 Å². The number of rotatable bonds is 4. The van der Waals surface area contributed by atoms with Gasteiger partial charge in [0.05, 0.1) is 4.90 Å². The Hall–Kier alpha value is -2.74. The molecule has 24 heavy (non-hydrogen) atoms. The second-order valence-electron chi connectivity index (χ2n) is 5.11. The first kappa shape index (κ1) is 16.1. The molecule has 0 saturated heterocycles. The van der Waals surface area contributed by atoms with Gasteiger partial charge in [-0.3, -0.25) is 4.72 Å². The van der Waals surface area contributed by atoms with Crippen molar-refractivity contribution in [2.24, 2.45) is 0 Å². The van der Waals surface area contributed by atoms with E-state index in [2.05, 4.69) is 9.88 Å². The van der Waals surface area contributed by atoms with Crippen LogP contribution in [0.5, 0.6) is 0 Å². The standard InChI is InChI=1S/C16H12F2N2O3S/c1-10-6-16(19-23-10)20-24(21,22)15-4-2-11(3-5-15)12-7-13(17)9-14(18)8-12/h2-9H,1H3,(H,19,20). The highest BCUT2D eigenvalue weighted by atomic mass is 32.2. The second-order valence-corrected chi connectivity index (χ2v) is 6.79. The van der Waals surface area contributed by atoms with Crippen LogP contribution in [0, 0.1) is 18.6 Å². The minimum absolute atomic E-state index is 0.0104. The number of aromatic nitrogens is 1. The van der Waals surface area contributed by atoms with E-state index in [1.165, 1.54) is 42.5 Å². The third-order valence-electron chi connectivity index (χ3n) is 3.23. The van der Waals surface area contributed by atoms with E-state index >= 15 is 0 Å². The number of nitrogens with one attached hydrogen (secondary N) is 1. The Kier molecular flexibility index (Phi) is 4.06. The molecule has 1 aromatic heterocycles. The monoisotopic (exact) mass is 350 g/mol. The van der Waals surface area contributed by atoms with E-state index in [0.717, 1.165) is 6.07 Å². The van der Waals surface area contributed by atoms with E-state index in [9.17, 15) is 17.2 Å². The molecule has 3 rings (SSSR count). The third-order valence-corrected chi connectivity index (χ3v) is 4.60. The first-order valence-corrected chi connectivity index (χ1v) is 8.34. The first-order chi connectivity index (χ1) is 11.3. The minimum Gasteiger partial charge on any atom is -0.360 e. The second kappa shape index (κ2) is 6.04. The maximum absolute atomic E-state index is 13.3. The van der Waals surface area contributed by atoms with Gasteiger partial charge in [0.1, 0.15) is 17.4 Å². The average molecular weight is 350 g/mol. The Morgan fingerprint density at radius 2 is 1.58 bits per heavy atom. The van der Waals surface area contributed by atoms with E-state index in [1.54, 1.807) is 6.92 Å². The lowest BCUT2D eigenvalue weighted by Gasteiger charge is -2.07. The molecule has 2 aromatic carbocycles. The van der Waals surface area contributed by atoms with E-state index in [1.807, 2.05) is 0 Å². The maximum Gasteiger partial charge on any atom is 0.263 e. The summed E-state index contributed by atoms with van der Waals surface area (Å²) in [5.74, 6) is -0.866. The molecule has 3 aromatic rings. The van der Waals surface area contributed by atoms with Crippen molar-refractivity contribution < 1.29 is 21.7 Å². The molecule has 0 aliphatic carbocycles. The van der Waals surface area contributed by atoms with Crippen LogP contribution in [-0.4, -0.2) is 13.6 Å². The van der Waals surface area contributed by atoms with Crippen molar-refractivity contribution in [3.63, 3.8) is 0 Å². The van der Waals surface area contributed by atoms with Gasteiger partial charge in [0.15, 0.2) is 5.82 Å². The van der Waals surface area contributed by atoms with Gasteiger partial charge in [0.2, 0.25) is 0 Å². The van der Waals surface area contributed by atoms with Gasteiger partial charge < -0.3 is 4.52 Å². The molecule has 5 nitrogen and oxygen atoms in total. The summed E-state index contributed by atoms with van der Waals surface area (Å²) in [4.78, 5) is -0.0104. The molecule has 0 saturated carbocycles. The topological polar surface area (TPSA) is 72.2 Å². The Morgan fingerprint density at radius 3 is 2.12 bits per heavy atom. The van der Waals surface area contributed by atoms with Crippen molar-refractivity contribution in [3.05, 3.63) is 65.9 Å². The van der Waals surface area contributed by atoms with Crippen LogP contribution in [0.15, 0.2) is 57.9 Å². The fraction of sp³-hybridized carbons (Fsp3) is 0.0625. The lowest BCUT2D eigenvalue weighted by molar-refractivity contribution is 0.400. The van der Waals surface area contributed by atoms with Crippen LogP contribution in [0.2, 0.25) is 0 Å². The van der Waals surface area contributed by atoms with Crippen LogP contribution in [0.25, 0.3) is 11.1 Å². The van der Waals surface area contributed by atoms with Gasteiger partial charge in [-0.15, -0.1) is 0 Å². The summed E-state index contributed by atoms with van der Waals surface area (Å²) in [6.07, 6.45) is 0. The molecule has 0 spiro atoms. The number of nitrogens with zero attached hydrogens (tertiary/aromatic N) is 1. The number of hydrogen-bond donors (Lipinski definition) is 1. The summed E-state index contributed by atoms with van der Waals surface area (Å²) in [5.41, 5.74) is 0.807. The summed E-state index contributed by atoms with van der Waals surface area (Å²) < 4.78 is 58.1. The number of aryl methyl sites for hydroxylation is 1. The molecule has 1 N–H and O–H groups in total. The predicted molar refractivity (Wildman–Crippen MR) is 83.8 cm³/mol. The van der Waals surface area contributed by atoms with Gasteiger partial charge in [0, 0.05) is 12.1 Å². The summed E-state index contributed by atoms with van der Waals surface area (Å²) in [6.45, 7) is 1.64. The number of halogens is 2. The highest BCUT2D eigenvalue weighted by Gasteiger charge is 2.16. The van der Waals surface area contributed by atoms with E-state index < -0.39 is 21.7 Å². The van der Waals surface area contributed by atoms with Gasteiger partial charge in [-0.25, -0.2) is 17.2 Å². The molecule has 0 radical (unpaired) electrons. The maximum atomic E-state index is 13.3. The Morgan fingerprint density at radius 1 is 0.958 bits per heavy atom. The molecule has 0 amide bonds. The molecule has 0 aliphatic rings. The summed E-state index contributed by atoms with van der Waals surface area (Å²) in [5, 5.41) is 3.56. The largest absolute Gasteiger partial charge is 0.360 e. The van der Waals surface area contributed by atoms with Crippen molar-refractivity contribution in [1.29, 1.82) is 0 Å². The van der Waals surface area contributed by atoms with Crippen LogP contribution < -0.4 is 4.72 Å². The zero-order valence-corrected chi connectivity index (χ0v) is 13.3. The zero-order valence-electron chi connectivity index (χ0n) is 12.5. The van der Waals surface area contributed by atoms with Crippen molar-refractivity contribution in [2.45, 2.75) is 11.8 Å². The molecule has 0 bridgehead atoms. The SMILES string of the molecule is Cc1cc(NS(=O)(=O)c2ccc(-c3cc(F)cc(F)c3)cc2)no1. The van der Waals surface area contributed by atoms with Gasteiger partial charge in [-0.2, -0.15) is 0 Å². The molecule has 0 atom stereocenters. The van der Waals surface area contributed by atoms with Gasteiger partial charge >= 0.3 is 0 Å². The normalized spacial score (nSPS) is 11.5. The number of benzene rings is 2. The molecule has 8 heteroatoms.